The molecule has 1 rings (SSSR count). The first-order chi connectivity index (χ1) is 4.93. The van der Waals surface area contributed by atoms with E-state index in [1.807, 2.05) is 11.6 Å². The molecule has 1 aromatic heterocycles. The summed E-state index contributed by atoms with van der Waals surface area (Å²) in [6.45, 7) is 0. The summed E-state index contributed by atoms with van der Waals surface area (Å²) < 4.78 is 0. The SMILES string of the molecule is ClCCCCc1nccs1. The summed E-state index contributed by atoms with van der Waals surface area (Å²) in [5, 5.41) is 3.24. The van der Waals surface area contributed by atoms with Crippen LogP contribution in [0.5, 0.6) is 0 Å². The van der Waals surface area contributed by atoms with E-state index in [9.17, 15) is 0 Å². The highest BCUT2D eigenvalue weighted by Gasteiger charge is 1.93. The first-order valence-electron chi connectivity index (χ1n) is 3.38. The highest BCUT2D eigenvalue weighted by Crippen LogP contribution is 2.08. The molecule has 0 aliphatic carbocycles. The van der Waals surface area contributed by atoms with Gasteiger partial charge in [0.25, 0.3) is 0 Å². The third kappa shape index (κ3) is 2.67. The molecule has 0 N–H and O–H groups in total. The van der Waals surface area contributed by atoms with Gasteiger partial charge in [0.05, 0.1) is 5.01 Å². The lowest BCUT2D eigenvalue weighted by Gasteiger charge is -1.91. The van der Waals surface area contributed by atoms with E-state index in [4.69, 9.17) is 11.6 Å². The van der Waals surface area contributed by atoms with Crippen molar-refractivity contribution in [1.82, 2.24) is 4.98 Å². The molecule has 10 heavy (non-hydrogen) atoms. The number of alkyl halides is 1. The van der Waals surface area contributed by atoms with Crippen LogP contribution in [-0.2, 0) is 6.42 Å². The molecule has 0 unspecified atom stereocenters. The minimum atomic E-state index is 0.769. The van der Waals surface area contributed by atoms with Gasteiger partial charge in [-0.25, -0.2) is 4.98 Å². The van der Waals surface area contributed by atoms with Crippen molar-refractivity contribution in [3.05, 3.63) is 16.6 Å². The lowest BCUT2D eigenvalue weighted by atomic mass is 10.3. The number of unbranched alkanes of at least 4 members (excludes halogenated alkanes) is 1. The van der Waals surface area contributed by atoms with E-state index in [0.29, 0.717) is 0 Å². The van der Waals surface area contributed by atoms with Gasteiger partial charge in [-0.15, -0.1) is 22.9 Å². The number of halogens is 1. The summed E-state index contributed by atoms with van der Waals surface area (Å²) in [6.07, 6.45) is 5.20. The molecule has 0 atom stereocenters. The van der Waals surface area contributed by atoms with Crippen molar-refractivity contribution in [2.45, 2.75) is 19.3 Å². The molecule has 0 bridgehead atoms. The van der Waals surface area contributed by atoms with Gasteiger partial charge in [-0.05, 0) is 19.3 Å². The average Bonchev–Trinajstić information content (AvgIpc) is 2.41. The Hall–Kier alpha value is -0.0800. The largest absolute Gasteiger partial charge is 0.250 e. The van der Waals surface area contributed by atoms with Crippen LogP contribution >= 0.6 is 22.9 Å². The van der Waals surface area contributed by atoms with Crippen molar-refractivity contribution in [2.75, 3.05) is 5.88 Å². The maximum atomic E-state index is 5.52. The molecule has 0 fully saturated rings. The van der Waals surface area contributed by atoms with Gasteiger partial charge < -0.3 is 0 Å². The molecule has 0 radical (unpaired) electrons. The predicted molar refractivity (Wildman–Crippen MR) is 45.8 cm³/mol. The van der Waals surface area contributed by atoms with Crippen LogP contribution in [0.15, 0.2) is 11.6 Å². The molecule has 0 aromatic carbocycles. The van der Waals surface area contributed by atoms with E-state index in [-0.39, 0.29) is 0 Å². The Morgan fingerprint density at radius 3 is 3.00 bits per heavy atom. The van der Waals surface area contributed by atoms with Crippen molar-refractivity contribution in [3.63, 3.8) is 0 Å². The predicted octanol–water partition coefficient (Wildman–Crippen LogP) is 2.70. The van der Waals surface area contributed by atoms with Crippen molar-refractivity contribution in [1.29, 1.82) is 0 Å². The Bertz CT molecular complexity index is 162. The maximum Gasteiger partial charge on any atom is 0.0924 e. The Morgan fingerprint density at radius 1 is 1.50 bits per heavy atom. The normalized spacial score (nSPS) is 10.1. The Balaban J connectivity index is 2.15. The Kier molecular flexibility index (Phi) is 3.76. The minimum Gasteiger partial charge on any atom is -0.250 e. The lowest BCUT2D eigenvalue weighted by molar-refractivity contribution is 0.794. The quantitative estimate of drug-likeness (QED) is 0.507. The molecule has 0 saturated carbocycles. The molecule has 0 spiro atoms. The maximum absolute atomic E-state index is 5.52. The fraction of sp³-hybridized carbons (Fsp3) is 0.571. The Labute approximate surface area is 70.1 Å². The van der Waals surface area contributed by atoms with E-state index in [1.165, 1.54) is 5.01 Å². The summed E-state index contributed by atoms with van der Waals surface area (Å²) in [4.78, 5) is 4.16. The van der Waals surface area contributed by atoms with E-state index < -0.39 is 0 Å². The second kappa shape index (κ2) is 4.69. The van der Waals surface area contributed by atoms with Crippen LogP contribution in [0.2, 0.25) is 0 Å². The van der Waals surface area contributed by atoms with Crippen LogP contribution in [0.1, 0.15) is 17.8 Å². The number of aryl methyl sites for hydroxylation is 1. The van der Waals surface area contributed by atoms with Gasteiger partial charge in [-0.3, -0.25) is 0 Å². The monoisotopic (exact) mass is 175 g/mol. The van der Waals surface area contributed by atoms with Crippen molar-refractivity contribution in [2.24, 2.45) is 0 Å². The van der Waals surface area contributed by atoms with E-state index in [2.05, 4.69) is 4.98 Å². The summed E-state index contributed by atoms with van der Waals surface area (Å²) in [5.41, 5.74) is 0. The topological polar surface area (TPSA) is 12.9 Å². The molecule has 0 saturated heterocycles. The summed E-state index contributed by atoms with van der Waals surface area (Å²) in [7, 11) is 0. The number of thiazole rings is 1. The van der Waals surface area contributed by atoms with Crippen molar-refractivity contribution in [3.8, 4) is 0 Å². The van der Waals surface area contributed by atoms with Crippen LogP contribution in [0.3, 0.4) is 0 Å². The van der Waals surface area contributed by atoms with Gasteiger partial charge >= 0.3 is 0 Å². The second-order valence-electron chi connectivity index (χ2n) is 2.07. The van der Waals surface area contributed by atoms with Crippen LogP contribution in [0.4, 0.5) is 0 Å². The average molecular weight is 176 g/mol. The van der Waals surface area contributed by atoms with Crippen LogP contribution in [0, 0.1) is 0 Å². The zero-order valence-electron chi connectivity index (χ0n) is 5.72. The van der Waals surface area contributed by atoms with Crippen LogP contribution < -0.4 is 0 Å². The molecule has 0 aliphatic rings. The summed E-state index contributed by atoms with van der Waals surface area (Å²) in [5.74, 6) is 0.769. The fourth-order valence-corrected chi connectivity index (χ4v) is 1.60. The molecule has 0 amide bonds. The van der Waals surface area contributed by atoms with Gasteiger partial charge in [-0.1, -0.05) is 0 Å². The molecule has 1 nitrogen and oxygen atoms in total. The van der Waals surface area contributed by atoms with Crippen molar-refractivity contribution >= 4 is 22.9 Å². The highest BCUT2D eigenvalue weighted by atomic mass is 35.5. The van der Waals surface area contributed by atoms with Crippen LogP contribution in [0.25, 0.3) is 0 Å². The molecule has 0 aliphatic heterocycles. The van der Waals surface area contributed by atoms with Gasteiger partial charge in [0.1, 0.15) is 0 Å². The number of hydrogen-bond donors (Lipinski definition) is 0. The summed E-state index contributed by atoms with van der Waals surface area (Å²) in [6, 6.07) is 0. The van der Waals surface area contributed by atoms with Crippen LogP contribution in [-0.4, -0.2) is 10.9 Å². The van der Waals surface area contributed by atoms with Gasteiger partial charge in [0.2, 0.25) is 0 Å². The molecular formula is C7H10ClNS. The van der Waals surface area contributed by atoms with Gasteiger partial charge in [0, 0.05) is 17.5 Å². The standard InChI is InChI=1S/C7H10ClNS/c8-4-2-1-3-7-9-5-6-10-7/h5-6H,1-4H2. The molecule has 3 heteroatoms. The molecule has 1 heterocycles. The van der Waals surface area contributed by atoms with Gasteiger partial charge in [0.15, 0.2) is 0 Å². The smallest absolute Gasteiger partial charge is 0.0924 e. The number of hydrogen-bond acceptors (Lipinski definition) is 2. The molecule has 1 aromatic rings. The number of nitrogens with zero attached hydrogens (tertiary/aromatic N) is 1. The molecular weight excluding hydrogens is 166 g/mol. The molecule has 56 valence electrons. The highest BCUT2D eigenvalue weighted by molar-refractivity contribution is 7.09. The van der Waals surface area contributed by atoms with Crippen molar-refractivity contribution < 1.29 is 0 Å². The van der Waals surface area contributed by atoms with Gasteiger partial charge in [-0.2, -0.15) is 0 Å². The third-order valence-electron chi connectivity index (χ3n) is 1.26. The Morgan fingerprint density at radius 2 is 2.40 bits per heavy atom. The zero-order valence-corrected chi connectivity index (χ0v) is 7.29. The fourth-order valence-electron chi connectivity index (χ4n) is 0.747. The zero-order chi connectivity index (χ0) is 7.23. The van der Waals surface area contributed by atoms with E-state index in [1.54, 1.807) is 11.3 Å². The lowest BCUT2D eigenvalue weighted by Crippen LogP contribution is -1.83. The minimum absolute atomic E-state index is 0.769. The summed E-state index contributed by atoms with van der Waals surface area (Å²) >= 11 is 7.24. The number of aromatic nitrogens is 1. The first kappa shape index (κ1) is 8.02. The van der Waals surface area contributed by atoms with E-state index in [0.717, 1.165) is 25.1 Å². The first-order valence-corrected chi connectivity index (χ1v) is 4.79. The van der Waals surface area contributed by atoms with E-state index >= 15 is 0 Å². The number of rotatable bonds is 4. The second-order valence-corrected chi connectivity index (χ2v) is 3.43. The third-order valence-corrected chi connectivity index (χ3v) is 2.36.